The summed E-state index contributed by atoms with van der Waals surface area (Å²) < 4.78 is 0. The van der Waals surface area contributed by atoms with Gasteiger partial charge >= 0.3 is 0 Å². The van der Waals surface area contributed by atoms with Crippen molar-refractivity contribution in [1.82, 2.24) is 0 Å². The molecule has 0 amide bonds. The van der Waals surface area contributed by atoms with E-state index in [4.69, 9.17) is 11.6 Å². The molecule has 0 radical (unpaired) electrons. The van der Waals surface area contributed by atoms with Gasteiger partial charge in [0, 0.05) is 6.54 Å². The van der Waals surface area contributed by atoms with Gasteiger partial charge in [-0.05, 0) is 12.1 Å². The minimum Gasteiger partial charge on any atom is -0.376 e. The van der Waals surface area contributed by atoms with E-state index in [1.807, 2.05) is 12.1 Å². The number of fused-ring (bicyclic) bond motifs is 3. The molecular weight excluding hydrogens is 198 g/mol. The van der Waals surface area contributed by atoms with Gasteiger partial charge in [0.1, 0.15) is 5.84 Å². The number of aliphatic imine (C=N–C) groups is 1. The van der Waals surface area contributed by atoms with E-state index in [1.165, 1.54) is 0 Å². The molecule has 1 aromatic carbocycles. The van der Waals surface area contributed by atoms with Crippen LogP contribution in [0.5, 0.6) is 0 Å². The Morgan fingerprint density at radius 2 is 2.36 bits per heavy atom. The van der Waals surface area contributed by atoms with Crippen LogP contribution in [-0.2, 0) is 0 Å². The first-order valence-electron chi connectivity index (χ1n) is 4.69. The van der Waals surface area contributed by atoms with E-state index >= 15 is 0 Å². The van der Waals surface area contributed by atoms with E-state index in [2.05, 4.69) is 21.3 Å². The van der Waals surface area contributed by atoms with Gasteiger partial charge in [0.05, 0.1) is 29.5 Å². The number of benzene rings is 1. The zero-order valence-corrected chi connectivity index (χ0v) is 8.38. The van der Waals surface area contributed by atoms with Gasteiger partial charge < -0.3 is 10.2 Å². The predicted molar refractivity (Wildman–Crippen MR) is 59.6 cm³/mol. The third kappa shape index (κ3) is 1.02. The Hall–Kier alpha value is -1.22. The highest BCUT2D eigenvalue weighted by Gasteiger charge is 2.26. The molecule has 14 heavy (non-hydrogen) atoms. The third-order valence-corrected chi connectivity index (χ3v) is 2.93. The molecular formula is C10H10ClN3. The maximum Gasteiger partial charge on any atom is 0.123 e. The number of hydrogen-bond donors (Lipinski definition) is 1. The lowest BCUT2D eigenvalue weighted by atomic mass is 10.2. The second-order valence-electron chi connectivity index (χ2n) is 3.44. The predicted octanol–water partition coefficient (Wildman–Crippen LogP) is 1.98. The zero-order valence-electron chi connectivity index (χ0n) is 7.63. The van der Waals surface area contributed by atoms with Crippen LogP contribution >= 0.6 is 11.6 Å². The summed E-state index contributed by atoms with van der Waals surface area (Å²) in [4.78, 5) is 6.62. The van der Waals surface area contributed by atoms with Crippen LogP contribution in [0, 0.1) is 0 Å². The fourth-order valence-corrected chi connectivity index (χ4v) is 2.27. The number of anilines is 2. The fraction of sp³-hybridized carbons (Fsp3) is 0.300. The van der Waals surface area contributed by atoms with Crippen molar-refractivity contribution in [2.75, 3.05) is 29.9 Å². The lowest BCUT2D eigenvalue weighted by molar-refractivity contribution is 1.01. The van der Waals surface area contributed by atoms with Crippen LogP contribution in [0.25, 0.3) is 0 Å². The van der Waals surface area contributed by atoms with Crippen molar-refractivity contribution in [2.45, 2.75) is 0 Å². The molecule has 0 atom stereocenters. The van der Waals surface area contributed by atoms with Crippen LogP contribution < -0.4 is 10.2 Å². The molecule has 0 aromatic heterocycles. The van der Waals surface area contributed by atoms with Gasteiger partial charge in [-0.25, -0.2) is 0 Å². The molecule has 0 saturated carbocycles. The smallest absolute Gasteiger partial charge is 0.123 e. The molecule has 0 unspecified atom stereocenters. The molecule has 0 fully saturated rings. The Kier molecular flexibility index (Phi) is 1.67. The maximum atomic E-state index is 6.17. The molecule has 72 valence electrons. The summed E-state index contributed by atoms with van der Waals surface area (Å²) in [5, 5.41) is 4.11. The molecule has 3 rings (SSSR count). The van der Waals surface area contributed by atoms with Gasteiger partial charge in [0.25, 0.3) is 0 Å². The van der Waals surface area contributed by atoms with Crippen molar-refractivity contribution < 1.29 is 0 Å². The van der Waals surface area contributed by atoms with Gasteiger partial charge in [0.15, 0.2) is 0 Å². The second kappa shape index (κ2) is 2.89. The van der Waals surface area contributed by atoms with Crippen LogP contribution in [0.2, 0.25) is 5.02 Å². The normalized spacial score (nSPS) is 18.4. The highest BCUT2D eigenvalue weighted by molar-refractivity contribution is 6.35. The molecule has 2 aliphatic rings. The van der Waals surface area contributed by atoms with E-state index in [0.29, 0.717) is 0 Å². The summed E-state index contributed by atoms with van der Waals surface area (Å²) in [6.07, 6.45) is 0. The van der Waals surface area contributed by atoms with Crippen LogP contribution in [-0.4, -0.2) is 25.5 Å². The lowest BCUT2D eigenvalue weighted by Crippen LogP contribution is -2.37. The third-order valence-electron chi connectivity index (χ3n) is 2.62. The summed E-state index contributed by atoms with van der Waals surface area (Å²) in [5.41, 5.74) is 2.19. The molecule has 0 aliphatic carbocycles. The van der Waals surface area contributed by atoms with Gasteiger partial charge in [-0.3, -0.25) is 4.99 Å². The Balaban J connectivity index is 2.17. The van der Waals surface area contributed by atoms with Crippen LogP contribution in [0.4, 0.5) is 11.4 Å². The number of nitrogens with zero attached hydrogens (tertiary/aromatic N) is 2. The van der Waals surface area contributed by atoms with Crippen molar-refractivity contribution in [2.24, 2.45) is 4.99 Å². The van der Waals surface area contributed by atoms with Gasteiger partial charge in [0.2, 0.25) is 0 Å². The minimum absolute atomic E-state index is 0.796. The Morgan fingerprint density at radius 3 is 3.29 bits per heavy atom. The molecule has 0 spiro atoms. The van der Waals surface area contributed by atoms with E-state index in [0.717, 1.165) is 41.9 Å². The fourth-order valence-electron chi connectivity index (χ4n) is 1.99. The van der Waals surface area contributed by atoms with Crippen molar-refractivity contribution in [3.05, 3.63) is 23.2 Å². The van der Waals surface area contributed by atoms with E-state index in [1.54, 1.807) is 0 Å². The maximum absolute atomic E-state index is 6.17. The molecule has 2 heterocycles. The van der Waals surface area contributed by atoms with Crippen molar-refractivity contribution in [1.29, 1.82) is 0 Å². The van der Waals surface area contributed by atoms with E-state index in [9.17, 15) is 0 Å². The van der Waals surface area contributed by atoms with Gasteiger partial charge in [-0.2, -0.15) is 0 Å². The number of nitrogens with one attached hydrogen (secondary N) is 1. The number of para-hydroxylation sites is 1. The van der Waals surface area contributed by atoms with Crippen molar-refractivity contribution in [3.63, 3.8) is 0 Å². The SMILES string of the molecule is Clc1cccc2c1N1CCN=C1CN2. The number of hydrogen-bond acceptors (Lipinski definition) is 3. The standard InChI is InChI=1S/C10H10ClN3/c11-7-2-1-3-8-10(7)14-5-4-12-9(14)6-13-8/h1-3,13H,4-6H2. The van der Waals surface area contributed by atoms with E-state index in [-0.39, 0.29) is 0 Å². The highest BCUT2D eigenvalue weighted by atomic mass is 35.5. The highest BCUT2D eigenvalue weighted by Crippen LogP contribution is 2.37. The van der Waals surface area contributed by atoms with Crippen LogP contribution in [0.15, 0.2) is 23.2 Å². The summed E-state index contributed by atoms with van der Waals surface area (Å²) in [7, 11) is 0. The molecule has 1 N–H and O–H groups in total. The van der Waals surface area contributed by atoms with Gasteiger partial charge in [-0.1, -0.05) is 17.7 Å². The summed E-state index contributed by atoms with van der Waals surface area (Å²) in [5.74, 6) is 1.10. The zero-order chi connectivity index (χ0) is 9.54. The second-order valence-corrected chi connectivity index (χ2v) is 3.85. The molecule has 2 aliphatic heterocycles. The average Bonchev–Trinajstić information content (AvgIpc) is 2.65. The lowest BCUT2D eigenvalue weighted by Gasteiger charge is -2.29. The first-order chi connectivity index (χ1) is 6.86. The summed E-state index contributed by atoms with van der Waals surface area (Å²) >= 11 is 6.17. The number of rotatable bonds is 0. The molecule has 0 bridgehead atoms. The summed E-state index contributed by atoms with van der Waals surface area (Å²) in [6, 6.07) is 5.94. The minimum atomic E-state index is 0.796. The van der Waals surface area contributed by atoms with Crippen LogP contribution in [0.1, 0.15) is 0 Å². The van der Waals surface area contributed by atoms with Gasteiger partial charge in [-0.15, -0.1) is 0 Å². The quantitative estimate of drug-likeness (QED) is 0.705. The van der Waals surface area contributed by atoms with Crippen molar-refractivity contribution >= 4 is 28.8 Å². The Bertz CT molecular complexity index is 414. The summed E-state index contributed by atoms with van der Waals surface area (Å²) in [6.45, 7) is 2.64. The first kappa shape index (κ1) is 8.12. The van der Waals surface area contributed by atoms with Crippen LogP contribution in [0.3, 0.4) is 0 Å². The topological polar surface area (TPSA) is 27.6 Å². The molecule has 4 heteroatoms. The van der Waals surface area contributed by atoms with E-state index < -0.39 is 0 Å². The Labute approximate surface area is 87.4 Å². The molecule has 0 saturated heterocycles. The average molecular weight is 208 g/mol. The Morgan fingerprint density at radius 1 is 1.43 bits per heavy atom. The monoisotopic (exact) mass is 207 g/mol. The molecule has 3 nitrogen and oxygen atoms in total. The largest absolute Gasteiger partial charge is 0.376 e. The van der Waals surface area contributed by atoms with Crippen molar-refractivity contribution in [3.8, 4) is 0 Å². The first-order valence-corrected chi connectivity index (χ1v) is 5.07. The number of amidine groups is 1. The number of halogens is 1. The molecule has 1 aromatic rings.